The maximum atomic E-state index is 12.3. The van der Waals surface area contributed by atoms with E-state index in [0.717, 1.165) is 30.9 Å². The van der Waals surface area contributed by atoms with Crippen LogP contribution in [0.15, 0.2) is 24.3 Å². The fourth-order valence-electron chi connectivity index (χ4n) is 2.24. The summed E-state index contributed by atoms with van der Waals surface area (Å²) in [5.41, 5.74) is 2.57. The molecule has 2 nitrogen and oxygen atoms in total. The molecule has 3 atom stereocenters. The van der Waals surface area contributed by atoms with Gasteiger partial charge in [-0.2, -0.15) is 0 Å². The van der Waals surface area contributed by atoms with E-state index in [4.69, 9.17) is 0 Å². The normalized spacial score (nSPS) is 15.8. The third-order valence-electron chi connectivity index (χ3n) is 3.72. The molecule has 0 aliphatic heterocycles. The van der Waals surface area contributed by atoms with E-state index in [1.807, 2.05) is 0 Å². The van der Waals surface area contributed by atoms with Gasteiger partial charge in [-0.1, -0.05) is 51.5 Å². The van der Waals surface area contributed by atoms with Gasteiger partial charge in [0, 0.05) is 28.3 Å². The van der Waals surface area contributed by atoms with E-state index in [1.54, 1.807) is 0 Å². The van der Waals surface area contributed by atoms with Crippen molar-refractivity contribution in [3.63, 3.8) is 0 Å². The molecule has 0 amide bonds. The quantitative estimate of drug-likeness (QED) is 0.750. The van der Waals surface area contributed by atoms with Gasteiger partial charge in [-0.05, 0) is 36.9 Å². The average molecular weight is 295 g/mol. The summed E-state index contributed by atoms with van der Waals surface area (Å²) >= 11 is 0. The highest BCUT2D eigenvalue weighted by molar-refractivity contribution is 7.85. The largest absolute Gasteiger partial charge is 0.309 e. The Balaban J connectivity index is 2.74. The molecule has 0 aliphatic rings. The van der Waals surface area contributed by atoms with Crippen molar-refractivity contribution in [2.24, 2.45) is 5.92 Å². The van der Waals surface area contributed by atoms with Crippen LogP contribution in [0.3, 0.4) is 0 Å². The van der Waals surface area contributed by atoms with Crippen molar-refractivity contribution in [2.75, 3.05) is 18.1 Å². The number of aryl methyl sites for hydroxylation is 1. The van der Waals surface area contributed by atoms with Crippen LogP contribution in [-0.4, -0.2) is 22.3 Å². The summed E-state index contributed by atoms with van der Waals surface area (Å²) in [5, 5.41) is 3.56. The lowest BCUT2D eigenvalue weighted by atomic mass is 10.0. The van der Waals surface area contributed by atoms with Crippen LogP contribution >= 0.6 is 0 Å². The number of hydrogen-bond donors (Lipinski definition) is 1. The van der Waals surface area contributed by atoms with E-state index in [0.29, 0.717) is 5.92 Å². The fraction of sp³-hybridized carbons (Fsp3) is 0.647. The number of rotatable bonds is 9. The molecule has 3 heteroatoms. The Morgan fingerprint density at radius 1 is 1.20 bits per heavy atom. The van der Waals surface area contributed by atoms with Gasteiger partial charge in [0.05, 0.1) is 0 Å². The summed E-state index contributed by atoms with van der Waals surface area (Å²) in [4.78, 5) is 0. The van der Waals surface area contributed by atoms with Crippen LogP contribution < -0.4 is 5.32 Å². The Morgan fingerprint density at radius 3 is 2.50 bits per heavy atom. The molecule has 0 saturated heterocycles. The average Bonchev–Trinajstić information content (AvgIpc) is 2.44. The Bertz CT molecular complexity index is 419. The third kappa shape index (κ3) is 5.76. The molecule has 1 aromatic carbocycles. The Morgan fingerprint density at radius 2 is 1.90 bits per heavy atom. The zero-order chi connectivity index (χ0) is 15.0. The third-order valence-corrected chi connectivity index (χ3v) is 5.37. The zero-order valence-corrected chi connectivity index (χ0v) is 14.1. The van der Waals surface area contributed by atoms with Gasteiger partial charge < -0.3 is 5.32 Å². The first-order valence-electron chi connectivity index (χ1n) is 7.72. The van der Waals surface area contributed by atoms with Crippen molar-refractivity contribution >= 4 is 10.8 Å². The second-order valence-electron chi connectivity index (χ2n) is 5.65. The summed E-state index contributed by atoms with van der Waals surface area (Å²) in [6, 6.07) is 8.63. The second-order valence-corrected chi connectivity index (χ2v) is 7.20. The van der Waals surface area contributed by atoms with Crippen LogP contribution in [0.2, 0.25) is 0 Å². The summed E-state index contributed by atoms with van der Waals surface area (Å²) in [5.74, 6) is 2.07. The maximum absolute atomic E-state index is 12.3. The first kappa shape index (κ1) is 17.4. The minimum atomic E-state index is -0.755. The van der Waals surface area contributed by atoms with Gasteiger partial charge in [0.2, 0.25) is 0 Å². The molecular formula is C17H29NOS. The van der Waals surface area contributed by atoms with Crippen LogP contribution in [0, 0.1) is 12.8 Å². The Kier molecular flexibility index (Phi) is 8.08. The van der Waals surface area contributed by atoms with E-state index in [2.05, 4.69) is 57.3 Å². The first-order chi connectivity index (χ1) is 9.58. The standard InChI is InChI=1S/C17H29NOS/c1-5-11-18-17(13-20(19)12-14(3)6-2)16-10-8-7-9-15(16)4/h7-10,14,17-18H,5-6,11-13H2,1-4H3. The van der Waals surface area contributed by atoms with Gasteiger partial charge in [-0.15, -0.1) is 0 Å². The van der Waals surface area contributed by atoms with E-state index < -0.39 is 10.8 Å². The van der Waals surface area contributed by atoms with Gasteiger partial charge >= 0.3 is 0 Å². The van der Waals surface area contributed by atoms with Gasteiger partial charge in [0.25, 0.3) is 0 Å². The van der Waals surface area contributed by atoms with Crippen LogP contribution in [0.25, 0.3) is 0 Å². The highest BCUT2D eigenvalue weighted by Crippen LogP contribution is 2.19. The van der Waals surface area contributed by atoms with Crippen molar-refractivity contribution in [3.8, 4) is 0 Å². The molecule has 0 spiro atoms. The second kappa shape index (κ2) is 9.30. The molecule has 0 saturated carbocycles. The predicted molar refractivity (Wildman–Crippen MR) is 89.5 cm³/mol. The van der Waals surface area contributed by atoms with E-state index in [-0.39, 0.29) is 6.04 Å². The van der Waals surface area contributed by atoms with Crippen LogP contribution in [-0.2, 0) is 10.8 Å². The first-order valence-corrected chi connectivity index (χ1v) is 9.21. The van der Waals surface area contributed by atoms with Gasteiger partial charge in [0.1, 0.15) is 0 Å². The topological polar surface area (TPSA) is 29.1 Å². The SMILES string of the molecule is CCCNC(CS(=O)CC(C)CC)c1ccccc1C. The maximum Gasteiger partial charge on any atom is 0.0439 e. The van der Waals surface area contributed by atoms with Crippen LogP contribution in [0.1, 0.15) is 50.8 Å². The minimum absolute atomic E-state index is 0.209. The lowest BCUT2D eigenvalue weighted by Crippen LogP contribution is -2.29. The molecule has 3 unspecified atom stereocenters. The highest BCUT2D eigenvalue weighted by Gasteiger charge is 2.17. The number of hydrogen-bond acceptors (Lipinski definition) is 2. The summed E-state index contributed by atoms with van der Waals surface area (Å²) in [6.45, 7) is 9.61. The lowest BCUT2D eigenvalue weighted by molar-refractivity contribution is 0.562. The molecule has 1 rings (SSSR count). The molecule has 0 aromatic heterocycles. The summed E-state index contributed by atoms with van der Waals surface area (Å²) < 4.78 is 12.3. The fourth-order valence-corrected chi connectivity index (χ4v) is 3.92. The van der Waals surface area contributed by atoms with Gasteiger partial charge in [-0.3, -0.25) is 4.21 Å². The highest BCUT2D eigenvalue weighted by atomic mass is 32.2. The van der Waals surface area contributed by atoms with E-state index >= 15 is 0 Å². The predicted octanol–water partition coefficient (Wildman–Crippen LogP) is 3.83. The van der Waals surface area contributed by atoms with E-state index in [9.17, 15) is 4.21 Å². The molecule has 20 heavy (non-hydrogen) atoms. The smallest absolute Gasteiger partial charge is 0.0439 e. The summed E-state index contributed by atoms with van der Waals surface area (Å²) in [6.07, 6.45) is 2.20. The van der Waals surface area contributed by atoms with Crippen molar-refractivity contribution < 1.29 is 4.21 Å². The molecule has 114 valence electrons. The van der Waals surface area contributed by atoms with Gasteiger partial charge in [-0.25, -0.2) is 0 Å². The van der Waals surface area contributed by atoms with Crippen molar-refractivity contribution in [3.05, 3.63) is 35.4 Å². The van der Waals surface area contributed by atoms with Crippen molar-refractivity contribution in [1.29, 1.82) is 0 Å². The Hall–Kier alpha value is -0.670. The molecule has 0 aliphatic carbocycles. The van der Waals surface area contributed by atoms with Crippen molar-refractivity contribution in [2.45, 2.75) is 46.6 Å². The van der Waals surface area contributed by atoms with Crippen LogP contribution in [0.5, 0.6) is 0 Å². The Labute approximate surface area is 126 Å². The number of benzene rings is 1. The molecule has 1 N–H and O–H groups in total. The van der Waals surface area contributed by atoms with Crippen LogP contribution in [0.4, 0.5) is 0 Å². The monoisotopic (exact) mass is 295 g/mol. The molecule has 0 bridgehead atoms. The molecule has 1 aromatic rings. The number of nitrogens with one attached hydrogen (secondary N) is 1. The van der Waals surface area contributed by atoms with E-state index in [1.165, 1.54) is 11.1 Å². The zero-order valence-electron chi connectivity index (χ0n) is 13.3. The molecule has 0 heterocycles. The minimum Gasteiger partial charge on any atom is -0.309 e. The van der Waals surface area contributed by atoms with Crippen molar-refractivity contribution in [1.82, 2.24) is 5.32 Å². The van der Waals surface area contributed by atoms with Gasteiger partial charge in [0.15, 0.2) is 0 Å². The molecular weight excluding hydrogens is 266 g/mol. The molecule has 0 radical (unpaired) electrons. The summed E-state index contributed by atoms with van der Waals surface area (Å²) in [7, 11) is -0.755. The molecule has 0 fully saturated rings. The lowest BCUT2D eigenvalue weighted by Gasteiger charge is -2.21.